The van der Waals surface area contributed by atoms with E-state index in [1.165, 1.54) is 12.8 Å². The van der Waals surface area contributed by atoms with Gasteiger partial charge in [0.2, 0.25) is 0 Å². The third kappa shape index (κ3) is 1.83. The van der Waals surface area contributed by atoms with Crippen LogP contribution in [-0.2, 0) is 4.79 Å². The highest BCUT2D eigenvalue weighted by Crippen LogP contribution is 2.43. The van der Waals surface area contributed by atoms with Crippen LogP contribution in [0.3, 0.4) is 0 Å². The molecule has 0 aromatic rings. The van der Waals surface area contributed by atoms with E-state index in [-0.39, 0.29) is 0 Å². The van der Waals surface area contributed by atoms with Crippen LogP contribution in [0, 0.1) is 17.8 Å². The van der Waals surface area contributed by atoms with Crippen molar-refractivity contribution in [3.63, 3.8) is 0 Å². The number of aldehydes is 1. The van der Waals surface area contributed by atoms with E-state index in [1.807, 2.05) is 6.08 Å². The van der Waals surface area contributed by atoms with Gasteiger partial charge in [0.15, 0.2) is 0 Å². The molecule has 1 saturated heterocycles. The van der Waals surface area contributed by atoms with Crippen molar-refractivity contribution < 1.29 is 4.79 Å². The summed E-state index contributed by atoms with van der Waals surface area (Å²) in [6.45, 7) is 6.73. The minimum Gasteiger partial charge on any atom is -0.303 e. The van der Waals surface area contributed by atoms with Crippen LogP contribution in [0.2, 0.25) is 0 Å². The quantitative estimate of drug-likeness (QED) is 0.479. The summed E-state index contributed by atoms with van der Waals surface area (Å²) >= 11 is 0. The second-order valence-electron chi connectivity index (χ2n) is 4.31. The van der Waals surface area contributed by atoms with E-state index in [2.05, 4.69) is 11.5 Å². The van der Waals surface area contributed by atoms with Crippen LogP contribution in [0.5, 0.6) is 0 Å². The second-order valence-corrected chi connectivity index (χ2v) is 4.31. The van der Waals surface area contributed by atoms with Crippen LogP contribution in [0.4, 0.5) is 0 Å². The number of hydrogen-bond acceptors (Lipinski definition) is 2. The third-order valence-corrected chi connectivity index (χ3v) is 3.28. The second kappa shape index (κ2) is 3.62. The maximum absolute atomic E-state index is 10.8. The monoisotopic (exact) mass is 179 g/mol. The van der Waals surface area contributed by atoms with Gasteiger partial charge < -0.3 is 4.79 Å². The number of nitrogens with zero attached hydrogens (tertiary/aromatic N) is 1. The van der Waals surface area contributed by atoms with Crippen LogP contribution in [0.15, 0.2) is 12.7 Å². The molecule has 2 atom stereocenters. The molecule has 1 saturated carbocycles. The molecule has 2 rings (SSSR count). The van der Waals surface area contributed by atoms with Gasteiger partial charge in [0.05, 0.1) is 0 Å². The minimum atomic E-state index is 0.299. The highest BCUT2D eigenvalue weighted by molar-refractivity contribution is 5.55. The average Bonchev–Trinajstić information content (AvgIpc) is 2.89. The molecular weight excluding hydrogens is 162 g/mol. The molecule has 72 valence electrons. The summed E-state index contributed by atoms with van der Waals surface area (Å²) in [7, 11) is 0. The SMILES string of the molecule is C=CCN1CC(C=O)C(C2CC2)C1. The molecule has 0 aromatic heterocycles. The molecule has 0 N–H and O–H groups in total. The Morgan fingerprint density at radius 1 is 1.38 bits per heavy atom. The minimum absolute atomic E-state index is 0.299. The van der Waals surface area contributed by atoms with Gasteiger partial charge in [-0.05, 0) is 24.7 Å². The summed E-state index contributed by atoms with van der Waals surface area (Å²) in [4.78, 5) is 13.2. The lowest BCUT2D eigenvalue weighted by Crippen LogP contribution is -2.20. The van der Waals surface area contributed by atoms with Crippen LogP contribution < -0.4 is 0 Å². The Labute approximate surface area is 79.6 Å². The highest BCUT2D eigenvalue weighted by Gasteiger charge is 2.41. The normalized spacial score (nSPS) is 34.8. The third-order valence-electron chi connectivity index (χ3n) is 3.28. The zero-order chi connectivity index (χ0) is 9.26. The lowest BCUT2D eigenvalue weighted by Gasteiger charge is -2.12. The van der Waals surface area contributed by atoms with Crippen molar-refractivity contribution in [2.45, 2.75) is 12.8 Å². The molecule has 2 unspecified atom stereocenters. The Morgan fingerprint density at radius 3 is 2.69 bits per heavy atom. The van der Waals surface area contributed by atoms with Crippen molar-refractivity contribution in [2.24, 2.45) is 17.8 Å². The van der Waals surface area contributed by atoms with Gasteiger partial charge in [0.1, 0.15) is 6.29 Å². The zero-order valence-corrected chi connectivity index (χ0v) is 7.98. The first-order chi connectivity index (χ1) is 6.35. The van der Waals surface area contributed by atoms with E-state index in [4.69, 9.17) is 0 Å². The fourth-order valence-corrected chi connectivity index (χ4v) is 2.44. The first kappa shape index (κ1) is 8.95. The zero-order valence-electron chi connectivity index (χ0n) is 7.98. The molecule has 1 heterocycles. The van der Waals surface area contributed by atoms with Gasteiger partial charge in [0.25, 0.3) is 0 Å². The fraction of sp³-hybridized carbons (Fsp3) is 0.727. The molecule has 0 aromatic carbocycles. The van der Waals surface area contributed by atoms with Gasteiger partial charge in [-0.2, -0.15) is 0 Å². The summed E-state index contributed by atoms with van der Waals surface area (Å²) in [6, 6.07) is 0. The Balaban J connectivity index is 1.94. The Morgan fingerprint density at radius 2 is 2.15 bits per heavy atom. The molecule has 0 radical (unpaired) electrons. The summed E-state index contributed by atoms with van der Waals surface area (Å²) in [5, 5.41) is 0. The van der Waals surface area contributed by atoms with Crippen molar-refractivity contribution in [3.8, 4) is 0 Å². The van der Waals surface area contributed by atoms with E-state index < -0.39 is 0 Å². The molecule has 0 amide bonds. The van der Waals surface area contributed by atoms with Crippen molar-refractivity contribution in [2.75, 3.05) is 19.6 Å². The van der Waals surface area contributed by atoms with E-state index in [9.17, 15) is 4.79 Å². The number of rotatable bonds is 4. The van der Waals surface area contributed by atoms with Gasteiger partial charge in [-0.3, -0.25) is 4.90 Å². The topological polar surface area (TPSA) is 20.3 Å². The van der Waals surface area contributed by atoms with Gasteiger partial charge in [0, 0.05) is 25.6 Å². The molecule has 2 aliphatic rings. The van der Waals surface area contributed by atoms with Gasteiger partial charge in [-0.1, -0.05) is 6.08 Å². The maximum Gasteiger partial charge on any atom is 0.124 e. The molecular formula is C11H17NO. The molecule has 2 fully saturated rings. The van der Waals surface area contributed by atoms with Gasteiger partial charge in [-0.15, -0.1) is 6.58 Å². The number of carbonyl (C=O) groups excluding carboxylic acids is 1. The van der Waals surface area contributed by atoms with Gasteiger partial charge in [-0.25, -0.2) is 0 Å². The highest BCUT2D eigenvalue weighted by atomic mass is 16.1. The average molecular weight is 179 g/mol. The number of hydrogen-bond donors (Lipinski definition) is 0. The maximum atomic E-state index is 10.8. The predicted octanol–water partition coefficient (Wildman–Crippen LogP) is 1.33. The summed E-state index contributed by atoms with van der Waals surface area (Å²) in [5.74, 6) is 1.80. The van der Waals surface area contributed by atoms with E-state index in [0.717, 1.165) is 31.8 Å². The van der Waals surface area contributed by atoms with Crippen molar-refractivity contribution >= 4 is 6.29 Å². The summed E-state index contributed by atoms with van der Waals surface area (Å²) in [6.07, 6.45) is 5.77. The van der Waals surface area contributed by atoms with Crippen molar-refractivity contribution in [3.05, 3.63) is 12.7 Å². The molecule has 2 nitrogen and oxygen atoms in total. The largest absolute Gasteiger partial charge is 0.303 e. The van der Waals surface area contributed by atoms with Crippen molar-refractivity contribution in [1.29, 1.82) is 0 Å². The molecule has 1 aliphatic carbocycles. The molecule has 0 spiro atoms. The Bertz CT molecular complexity index is 210. The van der Waals surface area contributed by atoms with Crippen LogP contribution >= 0.6 is 0 Å². The lowest BCUT2D eigenvalue weighted by molar-refractivity contribution is -0.111. The van der Waals surface area contributed by atoms with E-state index in [0.29, 0.717) is 11.8 Å². The molecule has 1 aliphatic heterocycles. The Hall–Kier alpha value is -0.630. The summed E-state index contributed by atoms with van der Waals surface area (Å²) < 4.78 is 0. The van der Waals surface area contributed by atoms with Crippen LogP contribution in [-0.4, -0.2) is 30.8 Å². The fourth-order valence-electron chi connectivity index (χ4n) is 2.44. The molecule has 13 heavy (non-hydrogen) atoms. The standard InChI is InChI=1S/C11H17NO/c1-2-5-12-6-10(8-13)11(7-12)9-3-4-9/h2,8-11H,1,3-7H2. The van der Waals surface area contributed by atoms with Crippen LogP contribution in [0.1, 0.15) is 12.8 Å². The number of carbonyl (C=O) groups is 1. The first-order valence-corrected chi connectivity index (χ1v) is 5.13. The van der Waals surface area contributed by atoms with Crippen LogP contribution in [0.25, 0.3) is 0 Å². The number of likely N-dealkylation sites (tertiary alicyclic amines) is 1. The smallest absolute Gasteiger partial charge is 0.124 e. The molecule has 2 heteroatoms. The lowest BCUT2D eigenvalue weighted by atomic mass is 9.93. The Kier molecular flexibility index (Phi) is 2.49. The summed E-state index contributed by atoms with van der Waals surface area (Å²) in [5.41, 5.74) is 0. The predicted molar refractivity (Wildman–Crippen MR) is 52.4 cm³/mol. The van der Waals surface area contributed by atoms with Gasteiger partial charge >= 0.3 is 0 Å². The van der Waals surface area contributed by atoms with E-state index in [1.54, 1.807) is 0 Å². The van der Waals surface area contributed by atoms with E-state index >= 15 is 0 Å². The molecule has 0 bridgehead atoms. The van der Waals surface area contributed by atoms with Crippen molar-refractivity contribution in [1.82, 2.24) is 4.90 Å². The first-order valence-electron chi connectivity index (χ1n) is 5.13.